The van der Waals surface area contributed by atoms with Gasteiger partial charge in [-0.2, -0.15) is 8.75 Å². The third kappa shape index (κ3) is 2.13. The van der Waals surface area contributed by atoms with Crippen molar-refractivity contribution in [2.75, 3.05) is 0 Å². The average molecular weight is 263 g/mol. The molecule has 0 aromatic carbocycles. The highest BCUT2D eigenvalue weighted by Crippen LogP contribution is 2.15. The van der Waals surface area contributed by atoms with Crippen molar-refractivity contribution in [2.45, 2.75) is 32.4 Å². The van der Waals surface area contributed by atoms with E-state index in [1.165, 1.54) is 6.20 Å². The Morgan fingerprint density at radius 2 is 2.50 bits per heavy atom. The van der Waals surface area contributed by atoms with Crippen LogP contribution in [0.5, 0.6) is 0 Å². The van der Waals surface area contributed by atoms with E-state index in [0.29, 0.717) is 5.69 Å². The van der Waals surface area contributed by atoms with Crippen LogP contribution in [-0.2, 0) is 13.0 Å². The van der Waals surface area contributed by atoms with Crippen molar-refractivity contribution in [2.24, 2.45) is 0 Å². The molecule has 0 aliphatic carbocycles. The third-order valence-corrected chi connectivity index (χ3v) is 3.52. The standard InChI is InChI=1S/C11H13N5OS/c1-7-5-16-6-8(2-3-10(16)13-7)14-11(17)9-4-12-18-15-9/h4-5,8H,2-3,6H2,1H3,(H,14,17)/t8-/m0/s1. The number of rotatable bonds is 2. The number of aromatic nitrogens is 4. The van der Waals surface area contributed by atoms with E-state index < -0.39 is 0 Å². The quantitative estimate of drug-likeness (QED) is 0.869. The maximum atomic E-state index is 11.9. The average Bonchev–Trinajstić information content (AvgIpc) is 2.95. The van der Waals surface area contributed by atoms with Gasteiger partial charge in [-0.05, 0) is 13.3 Å². The first-order valence-corrected chi connectivity index (χ1v) is 6.56. The van der Waals surface area contributed by atoms with E-state index in [1.807, 2.05) is 13.1 Å². The minimum Gasteiger partial charge on any atom is -0.346 e. The molecule has 0 saturated heterocycles. The molecule has 0 fully saturated rings. The summed E-state index contributed by atoms with van der Waals surface area (Å²) in [6.45, 7) is 2.76. The van der Waals surface area contributed by atoms with E-state index >= 15 is 0 Å². The summed E-state index contributed by atoms with van der Waals surface area (Å²) in [5.74, 6) is 0.961. The van der Waals surface area contributed by atoms with Gasteiger partial charge in [0, 0.05) is 25.2 Å². The molecule has 1 N–H and O–H groups in total. The summed E-state index contributed by atoms with van der Waals surface area (Å²) in [5.41, 5.74) is 1.42. The minimum atomic E-state index is -0.144. The highest BCUT2D eigenvalue weighted by Gasteiger charge is 2.22. The number of hydrogen-bond acceptors (Lipinski definition) is 5. The van der Waals surface area contributed by atoms with Crippen molar-refractivity contribution < 1.29 is 4.79 Å². The molecule has 1 amide bonds. The van der Waals surface area contributed by atoms with Gasteiger partial charge < -0.3 is 9.88 Å². The summed E-state index contributed by atoms with van der Waals surface area (Å²) in [6, 6.07) is 0.139. The van der Waals surface area contributed by atoms with E-state index in [-0.39, 0.29) is 11.9 Å². The molecule has 94 valence electrons. The summed E-state index contributed by atoms with van der Waals surface area (Å²) in [7, 11) is 0. The fourth-order valence-corrected chi connectivity index (χ4v) is 2.64. The summed E-state index contributed by atoms with van der Waals surface area (Å²) in [4.78, 5) is 16.3. The van der Waals surface area contributed by atoms with Crippen LogP contribution in [0.3, 0.4) is 0 Å². The minimum absolute atomic E-state index is 0.139. The first kappa shape index (κ1) is 11.3. The van der Waals surface area contributed by atoms with E-state index in [2.05, 4.69) is 23.6 Å². The zero-order chi connectivity index (χ0) is 12.5. The van der Waals surface area contributed by atoms with Crippen LogP contribution in [0.2, 0.25) is 0 Å². The monoisotopic (exact) mass is 263 g/mol. The smallest absolute Gasteiger partial charge is 0.272 e. The molecule has 3 heterocycles. The van der Waals surface area contributed by atoms with Crippen LogP contribution in [0.1, 0.15) is 28.4 Å². The first-order chi connectivity index (χ1) is 8.72. The van der Waals surface area contributed by atoms with Crippen molar-refractivity contribution in [1.29, 1.82) is 0 Å². The highest BCUT2D eigenvalue weighted by molar-refractivity contribution is 6.99. The summed E-state index contributed by atoms with van der Waals surface area (Å²) in [5, 5.41) is 2.99. The Hall–Kier alpha value is -1.76. The van der Waals surface area contributed by atoms with Crippen LogP contribution < -0.4 is 5.32 Å². The van der Waals surface area contributed by atoms with Crippen LogP contribution in [0, 0.1) is 6.92 Å². The Balaban J connectivity index is 1.68. The lowest BCUT2D eigenvalue weighted by Crippen LogP contribution is -2.41. The van der Waals surface area contributed by atoms with Crippen molar-refractivity contribution in [3.63, 3.8) is 0 Å². The molecule has 1 aliphatic rings. The molecule has 1 aliphatic heterocycles. The van der Waals surface area contributed by atoms with Gasteiger partial charge in [-0.1, -0.05) is 0 Å². The lowest BCUT2D eigenvalue weighted by Gasteiger charge is -2.24. The Bertz CT molecular complexity index is 562. The predicted molar refractivity (Wildman–Crippen MR) is 66.4 cm³/mol. The van der Waals surface area contributed by atoms with Gasteiger partial charge in [-0.25, -0.2) is 4.98 Å². The van der Waals surface area contributed by atoms with Crippen LogP contribution in [0.15, 0.2) is 12.4 Å². The molecule has 6 nitrogen and oxygen atoms in total. The number of aryl methyl sites for hydroxylation is 2. The van der Waals surface area contributed by atoms with E-state index in [9.17, 15) is 4.79 Å². The zero-order valence-corrected chi connectivity index (χ0v) is 10.8. The highest BCUT2D eigenvalue weighted by atomic mass is 32.1. The second kappa shape index (κ2) is 4.49. The molecular weight excluding hydrogens is 250 g/mol. The number of hydrogen-bond donors (Lipinski definition) is 1. The van der Waals surface area contributed by atoms with Gasteiger partial charge in [0.1, 0.15) is 5.82 Å². The maximum absolute atomic E-state index is 11.9. The van der Waals surface area contributed by atoms with Gasteiger partial charge in [0.2, 0.25) is 0 Å². The van der Waals surface area contributed by atoms with Crippen LogP contribution >= 0.6 is 11.7 Å². The number of carbonyl (C=O) groups is 1. The summed E-state index contributed by atoms with van der Waals surface area (Å²) in [6.07, 6.45) is 5.33. The molecule has 2 aromatic heterocycles. The Labute approximate surface area is 108 Å². The van der Waals surface area contributed by atoms with E-state index in [4.69, 9.17) is 0 Å². The van der Waals surface area contributed by atoms with Crippen LogP contribution in [0.4, 0.5) is 0 Å². The Morgan fingerprint density at radius 3 is 3.28 bits per heavy atom. The fourth-order valence-electron chi connectivity index (χ4n) is 2.23. The van der Waals surface area contributed by atoms with Gasteiger partial charge in [0.15, 0.2) is 5.69 Å². The number of fused-ring (bicyclic) bond motifs is 1. The third-order valence-electron chi connectivity index (χ3n) is 3.04. The van der Waals surface area contributed by atoms with Gasteiger partial charge >= 0.3 is 0 Å². The molecular formula is C11H13N5OS. The summed E-state index contributed by atoms with van der Waals surface area (Å²) < 4.78 is 9.87. The van der Waals surface area contributed by atoms with Crippen molar-refractivity contribution >= 4 is 17.6 Å². The number of nitrogens with one attached hydrogen (secondary N) is 1. The molecule has 0 spiro atoms. The number of nitrogens with zero attached hydrogens (tertiary/aromatic N) is 4. The zero-order valence-electron chi connectivity index (χ0n) is 9.96. The van der Waals surface area contributed by atoms with Gasteiger partial charge in [0.25, 0.3) is 5.91 Å². The predicted octanol–water partition coefficient (Wildman–Crippen LogP) is 0.788. The number of amides is 1. The molecule has 2 aromatic rings. The molecule has 7 heteroatoms. The van der Waals surface area contributed by atoms with Crippen molar-refractivity contribution in [3.05, 3.63) is 29.6 Å². The first-order valence-electron chi connectivity index (χ1n) is 5.83. The van der Waals surface area contributed by atoms with Crippen molar-refractivity contribution in [1.82, 2.24) is 23.6 Å². The van der Waals surface area contributed by atoms with Crippen molar-refractivity contribution in [3.8, 4) is 0 Å². The molecule has 0 saturated carbocycles. The topological polar surface area (TPSA) is 72.7 Å². The van der Waals surface area contributed by atoms with Gasteiger partial charge in [-0.3, -0.25) is 4.79 Å². The molecule has 0 unspecified atom stereocenters. The molecule has 3 rings (SSSR count). The summed E-state index contributed by atoms with van der Waals surface area (Å²) >= 11 is 1.05. The molecule has 18 heavy (non-hydrogen) atoms. The van der Waals surface area contributed by atoms with Crippen LogP contribution in [0.25, 0.3) is 0 Å². The normalized spacial score (nSPS) is 18.4. The molecule has 1 atom stereocenters. The Kier molecular flexibility index (Phi) is 2.83. The molecule has 0 bridgehead atoms. The van der Waals surface area contributed by atoms with E-state index in [1.54, 1.807) is 0 Å². The molecule has 0 radical (unpaired) electrons. The number of imidazole rings is 1. The Morgan fingerprint density at radius 1 is 1.61 bits per heavy atom. The fraction of sp³-hybridized carbons (Fsp3) is 0.455. The second-order valence-corrected chi connectivity index (χ2v) is 5.01. The maximum Gasteiger partial charge on any atom is 0.272 e. The number of carbonyl (C=O) groups excluding carboxylic acids is 1. The van der Waals surface area contributed by atoms with Gasteiger partial charge in [0.05, 0.1) is 23.6 Å². The lowest BCUT2D eigenvalue weighted by atomic mass is 10.1. The second-order valence-electron chi connectivity index (χ2n) is 4.45. The van der Waals surface area contributed by atoms with Gasteiger partial charge in [-0.15, -0.1) is 0 Å². The van der Waals surface area contributed by atoms with Crippen LogP contribution in [-0.4, -0.2) is 30.2 Å². The van der Waals surface area contributed by atoms with E-state index in [0.717, 1.165) is 42.6 Å². The SMILES string of the molecule is Cc1cn2c(n1)CC[C@H](NC(=O)c1cnsn1)C2. The lowest BCUT2D eigenvalue weighted by molar-refractivity contribution is 0.0923. The largest absolute Gasteiger partial charge is 0.346 e.